The smallest absolute Gasteiger partial charge is 0.282 e. The summed E-state index contributed by atoms with van der Waals surface area (Å²) in [7, 11) is 2.02. The van der Waals surface area contributed by atoms with Gasteiger partial charge >= 0.3 is 0 Å². The number of halogens is 2. The lowest BCUT2D eigenvalue weighted by molar-refractivity contribution is -0.907. The van der Waals surface area contributed by atoms with Gasteiger partial charge in [0.05, 0.1) is 22.6 Å². The number of thiophene rings is 1. The van der Waals surface area contributed by atoms with Crippen molar-refractivity contribution in [1.29, 1.82) is 0 Å². The topological polar surface area (TPSA) is 33.5 Å². The van der Waals surface area contributed by atoms with Gasteiger partial charge in [0.25, 0.3) is 5.91 Å². The second-order valence-corrected chi connectivity index (χ2v) is 7.23. The van der Waals surface area contributed by atoms with Gasteiger partial charge < -0.3 is 10.2 Å². The number of nitrogens with one attached hydrogen (secondary N) is 2. The van der Waals surface area contributed by atoms with E-state index in [9.17, 15) is 4.79 Å². The molecule has 1 unspecified atom stereocenters. The quantitative estimate of drug-likeness (QED) is 0.844. The van der Waals surface area contributed by atoms with Crippen molar-refractivity contribution in [3.63, 3.8) is 0 Å². The van der Waals surface area contributed by atoms with Gasteiger partial charge in [-0.3, -0.25) is 4.79 Å². The third kappa shape index (κ3) is 4.23. The first kappa shape index (κ1) is 17.3. The Labute approximate surface area is 144 Å². The van der Waals surface area contributed by atoms with E-state index in [1.807, 2.05) is 14.0 Å². The van der Waals surface area contributed by atoms with E-state index >= 15 is 0 Å². The molecule has 1 aromatic carbocycles. The maximum absolute atomic E-state index is 12.4. The normalized spacial score (nSPS) is 13.7. The van der Waals surface area contributed by atoms with Crippen LogP contribution in [0.4, 0.5) is 5.69 Å². The Kier molecular flexibility index (Phi) is 5.87. The summed E-state index contributed by atoms with van der Waals surface area (Å²) in [5.41, 5.74) is 1.86. The molecule has 2 aromatic rings. The molecule has 22 heavy (non-hydrogen) atoms. The number of quaternary nitrogens is 1. The number of carbonyl (C=O) groups is 1. The first-order valence-corrected chi connectivity index (χ1v) is 8.63. The molecular formula is C16H19Cl2N2OS+. The van der Waals surface area contributed by atoms with Crippen molar-refractivity contribution in [2.24, 2.45) is 0 Å². The summed E-state index contributed by atoms with van der Waals surface area (Å²) in [5, 5.41) is 5.94. The average Bonchev–Trinajstić information content (AvgIpc) is 2.86. The first-order chi connectivity index (χ1) is 10.4. The number of hydrogen-bond acceptors (Lipinski definition) is 2. The summed E-state index contributed by atoms with van der Waals surface area (Å²) in [4.78, 5) is 14.8. The van der Waals surface area contributed by atoms with Crippen molar-refractivity contribution in [2.75, 3.05) is 12.4 Å². The number of hydrogen-bond donors (Lipinski definition) is 2. The molecule has 0 aliphatic heterocycles. The van der Waals surface area contributed by atoms with Crippen molar-refractivity contribution in [2.45, 2.75) is 26.4 Å². The van der Waals surface area contributed by atoms with Crippen LogP contribution in [0, 0.1) is 6.92 Å². The maximum Gasteiger partial charge on any atom is 0.282 e. The molecule has 0 aliphatic carbocycles. The highest BCUT2D eigenvalue weighted by Gasteiger charge is 2.23. The molecule has 1 amide bonds. The van der Waals surface area contributed by atoms with E-state index in [-0.39, 0.29) is 11.9 Å². The number of likely N-dealkylation sites (N-methyl/N-ethyl adjacent to an activating group) is 1. The minimum atomic E-state index is -0.187. The number of aryl methyl sites for hydroxylation is 1. The molecular weight excluding hydrogens is 339 g/mol. The van der Waals surface area contributed by atoms with E-state index < -0.39 is 0 Å². The Balaban J connectivity index is 2.00. The van der Waals surface area contributed by atoms with Gasteiger partial charge in [-0.15, -0.1) is 11.3 Å². The van der Waals surface area contributed by atoms with E-state index in [0.717, 1.165) is 11.4 Å². The van der Waals surface area contributed by atoms with Crippen molar-refractivity contribution in [3.05, 3.63) is 50.1 Å². The molecule has 0 fully saturated rings. The summed E-state index contributed by atoms with van der Waals surface area (Å²) < 4.78 is 0. The number of carbonyl (C=O) groups excluding carboxylic acids is 1. The highest BCUT2D eigenvalue weighted by molar-refractivity contribution is 7.10. The molecule has 1 heterocycles. The van der Waals surface area contributed by atoms with Crippen LogP contribution in [0.2, 0.25) is 10.0 Å². The third-order valence-corrected chi connectivity index (χ3v) is 5.30. The minimum Gasteiger partial charge on any atom is -0.323 e. The van der Waals surface area contributed by atoms with Crippen LogP contribution < -0.4 is 10.2 Å². The van der Waals surface area contributed by atoms with Gasteiger partial charge in [-0.25, -0.2) is 0 Å². The van der Waals surface area contributed by atoms with Crippen molar-refractivity contribution in [1.82, 2.24) is 0 Å². The standard InChI is InChI=1S/C16H18Cl2N2OS/c1-10-6-7-22-15(10)9-20(3)11(2)16(21)19-14-5-4-12(17)8-13(14)18/h4-8,11H,9H2,1-3H3,(H,19,21)/p+1/t11-/m1/s1. The van der Waals surface area contributed by atoms with E-state index in [0.29, 0.717) is 15.7 Å². The molecule has 2 N–H and O–H groups in total. The minimum absolute atomic E-state index is 0.0593. The van der Waals surface area contributed by atoms with Crippen LogP contribution >= 0.6 is 34.5 Å². The first-order valence-electron chi connectivity index (χ1n) is 6.99. The largest absolute Gasteiger partial charge is 0.323 e. The number of benzene rings is 1. The average molecular weight is 358 g/mol. The molecule has 6 heteroatoms. The van der Waals surface area contributed by atoms with E-state index in [4.69, 9.17) is 23.2 Å². The van der Waals surface area contributed by atoms with Crippen LogP contribution in [-0.4, -0.2) is 19.0 Å². The molecule has 0 bridgehead atoms. The highest BCUT2D eigenvalue weighted by atomic mass is 35.5. The Bertz CT molecular complexity index is 672. The molecule has 0 saturated carbocycles. The molecule has 2 atom stereocenters. The summed E-state index contributed by atoms with van der Waals surface area (Å²) in [6, 6.07) is 6.96. The number of rotatable bonds is 5. The van der Waals surface area contributed by atoms with Gasteiger partial charge in [-0.2, -0.15) is 0 Å². The zero-order valence-corrected chi connectivity index (χ0v) is 15.1. The van der Waals surface area contributed by atoms with E-state index in [1.165, 1.54) is 10.4 Å². The predicted molar refractivity (Wildman–Crippen MR) is 94.2 cm³/mol. The molecule has 3 nitrogen and oxygen atoms in total. The zero-order chi connectivity index (χ0) is 16.3. The van der Waals surface area contributed by atoms with Crippen LogP contribution in [0.3, 0.4) is 0 Å². The van der Waals surface area contributed by atoms with Crippen molar-refractivity contribution in [3.8, 4) is 0 Å². The fourth-order valence-electron chi connectivity index (χ4n) is 2.05. The summed E-state index contributed by atoms with van der Waals surface area (Å²) >= 11 is 13.7. The second-order valence-electron chi connectivity index (χ2n) is 5.39. The van der Waals surface area contributed by atoms with E-state index in [1.54, 1.807) is 29.5 Å². The Morgan fingerprint density at radius 1 is 1.36 bits per heavy atom. The van der Waals surface area contributed by atoms with Crippen LogP contribution in [-0.2, 0) is 11.3 Å². The fourth-order valence-corrected chi connectivity index (χ4v) is 3.50. The van der Waals surface area contributed by atoms with Gasteiger partial charge in [-0.1, -0.05) is 23.2 Å². The van der Waals surface area contributed by atoms with Gasteiger partial charge in [0.1, 0.15) is 6.54 Å². The predicted octanol–water partition coefficient (Wildman–Crippen LogP) is 3.41. The van der Waals surface area contributed by atoms with Gasteiger partial charge in [0, 0.05) is 5.02 Å². The SMILES string of the molecule is Cc1ccsc1C[NH+](C)[C@H](C)C(=O)Nc1ccc(Cl)cc1Cl. The van der Waals surface area contributed by atoms with Crippen LogP contribution in [0.15, 0.2) is 29.6 Å². The molecule has 118 valence electrons. The zero-order valence-electron chi connectivity index (χ0n) is 12.7. The summed E-state index contributed by atoms with van der Waals surface area (Å²) in [6.07, 6.45) is 0. The summed E-state index contributed by atoms with van der Waals surface area (Å²) in [5.74, 6) is -0.0593. The Morgan fingerprint density at radius 3 is 2.68 bits per heavy atom. The van der Waals surface area contributed by atoms with Gasteiger partial charge in [-0.05, 0) is 49.1 Å². The lowest BCUT2D eigenvalue weighted by atomic mass is 10.2. The Hall–Kier alpha value is -1.07. The molecule has 0 radical (unpaired) electrons. The van der Waals surface area contributed by atoms with Gasteiger partial charge in [0.15, 0.2) is 6.04 Å². The van der Waals surface area contributed by atoms with Crippen LogP contribution in [0.25, 0.3) is 0 Å². The molecule has 1 aromatic heterocycles. The van der Waals surface area contributed by atoms with E-state index in [2.05, 4.69) is 23.7 Å². The van der Waals surface area contributed by atoms with Gasteiger partial charge in [0.2, 0.25) is 0 Å². The van der Waals surface area contributed by atoms with Crippen molar-refractivity contribution >= 4 is 46.1 Å². The molecule has 0 spiro atoms. The molecule has 2 rings (SSSR count). The maximum atomic E-state index is 12.4. The lowest BCUT2D eigenvalue weighted by Gasteiger charge is -2.21. The number of amides is 1. The Morgan fingerprint density at radius 2 is 2.09 bits per heavy atom. The second kappa shape index (κ2) is 7.47. The van der Waals surface area contributed by atoms with Crippen LogP contribution in [0.5, 0.6) is 0 Å². The highest BCUT2D eigenvalue weighted by Crippen LogP contribution is 2.25. The number of anilines is 1. The molecule has 0 saturated heterocycles. The summed E-state index contributed by atoms with van der Waals surface area (Å²) in [6.45, 7) is 4.83. The van der Waals surface area contributed by atoms with Crippen LogP contribution in [0.1, 0.15) is 17.4 Å². The lowest BCUT2D eigenvalue weighted by Crippen LogP contribution is -3.12. The molecule has 0 aliphatic rings. The third-order valence-electron chi connectivity index (χ3n) is 3.73. The monoisotopic (exact) mass is 357 g/mol. The van der Waals surface area contributed by atoms with Crippen molar-refractivity contribution < 1.29 is 9.69 Å². The fraction of sp³-hybridized carbons (Fsp3) is 0.312.